The molecule has 0 aliphatic rings. The van der Waals surface area contributed by atoms with Crippen LogP contribution in [0, 0.1) is 0 Å². The van der Waals surface area contributed by atoms with E-state index in [-0.39, 0.29) is 24.9 Å². The zero-order valence-electron chi connectivity index (χ0n) is 34.9. The Bertz CT molecular complexity index is 926. The smallest absolute Gasteiger partial charge is 0.306 e. The van der Waals surface area contributed by atoms with Gasteiger partial charge in [-0.25, -0.2) is 0 Å². The molecule has 0 rings (SSSR count). The number of nitrogens with one attached hydrogen (secondary N) is 1. The van der Waals surface area contributed by atoms with Gasteiger partial charge in [-0.1, -0.05) is 204 Å². The van der Waals surface area contributed by atoms with Crippen molar-refractivity contribution in [2.24, 2.45) is 0 Å². The average Bonchev–Trinajstić information content (AvgIpc) is 3.15. The Morgan fingerprint density at radius 1 is 0.566 bits per heavy atom. The molecule has 0 spiro atoms. The molecule has 0 aliphatic heterocycles. The Morgan fingerprint density at radius 3 is 1.55 bits per heavy atom. The van der Waals surface area contributed by atoms with Crippen molar-refractivity contribution in [3.05, 3.63) is 48.6 Å². The molecule has 0 aromatic rings. The highest BCUT2D eigenvalue weighted by atomic mass is 16.5. The van der Waals surface area contributed by atoms with Gasteiger partial charge >= 0.3 is 5.97 Å². The van der Waals surface area contributed by atoms with Crippen LogP contribution < -0.4 is 5.32 Å². The fraction of sp³-hybridized carbons (Fsp3) is 0.787. The first-order valence-electron chi connectivity index (χ1n) is 22.4. The van der Waals surface area contributed by atoms with Gasteiger partial charge in [0.1, 0.15) is 6.10 Å². The molecule has 0 saturated heterocycles. The number of aliphatic hydroxyl groups excluding tert-OH is 2. The largest absolute Gasteiger partial charge is 0.462 e. The maximum absolute atomic E-state index is 13.1. The molecule has 0 fully saturated rings. The molecule has 6 nitrogen and oxygen atoms in total. The Balaban J connectivity index is 4.65. The summed E-state index contributed by atoms with van der Waals surface area (Å²) in [7, 11) is 0. The van der Waals surface area contributed by atoms with E-state index in [0.717, 1.165) is 70.6 Å². The molecule has 0 heterocycles. The number of hydrogen-bond donors (Lipinski definition) is 3. The summed E-state index contributed by atoms with van der Waals surface area (Å²) < 4.78 is 5.87. The highest BCUT2D eigenvalue weighted by Gasteiger charge is 2.24. The standard InChI is InChI=1S/C47H85NO5/c1-4-7-10-13-16-19-21-23-24-27-29-32-35-38-43(53-47(52)40-37-34-31-26-18-15-12-9-6-3)41-46(51)48-44(42-49)45(50)39-36-33-30-28-25-22-20-17-14-11-8-5-2/h7,10,13,16,19,21,23-24,43-45,49-50H,4-6,8-9,11-12,14-15,17-18,20,22,25-42H2,1-3H3,(H,48,51)/b10-7+,16-13+,21-19+,24-23-. The van der Waals surface area contributed by atoms with Gasteiger partial charge in [0.25, 0.3) is 0 Å². The second kappa shape index (κ2) is 41.0. The maximum atomic E-state index is 13.1. The van der Waals surface area contributed by atoms with E-state index in [1.807, 2.05) is 24.3 Å². The fourth-order valence-corrected chi connectivity index (χ4v) is 6.62. The predicted octanol–water partition coefficient (Wildman–Crippen LogP) is 12.7. The number of hydrogen-bond acceptors (Lipinski definition) is 5. The van der Waals surface area contributed by atoms with Gasteiger partial charge in [-0.2, -0.15) is 0 Å². The summed E-state index contributed by atoms with van der Waals surface area (Å²) in [4.78, 5) is 25.9. The third-order valence-corrected chi connectivity index (χ3v) is 10.0. The number of ether oxygens (including phenoxy) is 1. The summed E-state index contributed by atoms with van der Waals surface area (Å²) in [6.07, 6.45) is 47.4. The normalized spacial score (nSPS) is 13.8. The van der Waals surface area contributed by atoms with Gasteiger partial charge in [-0.15, -0.1) is 0 Å². The summed E-state index contributed by atoms with van der Waals surface area (Å²) in [6.45, 7) is 6.29. The Morgan fingerprint density at radius 2 is 1.02 bits per heavy atom. The molecule has 0 aliphatic carbocycles. The van der Waals surface area contributed by atoms with Crippen molar-refractivity contribution in [2.75, 3.05) is 6.61 Å². The Labute approximate surface area is 327 Å². The quantitative estimate of drug-likeness (QED) is 0.0331. The predicted molar refractivity (Wildman–Crippen MR) is 227 cm³/mol. The van der Waals surface area contributed by atoms with Crippen LogP contribution in [0.4, 0.5) is 0 Å². The molecule has 3 N–H and O–H groups in total. The van der Waals surface area contributed by atoms with Crippen molar-refractivity contribution in [1.29, 1.82) is 0 Å². The minimum absolute atomic E-state index is 0.0526. The van der Waals surface area contributed by atoms with Crippen LogP contribution in [-0.2, 0) is 14.3 Å². The molecule has 0 radical (unpaired) electrons. The average molecular weight is 744 g/mol. The van der Waals surface area contributed by atoms with Crippen LogP contribution >= 0.6 is 0 Å². The molecule has 0 saturated carbocycles. The van der Waals surface area contributed by atoms with Crippen molar-refractivity contribution in [1.82, 2.24) is 5.32 Å². The first-order chi connectivity index (χ1) is 26.0. The van der Waals surface area contributed by atoms with Crippen molar-refractivity contribution >= 4 is 11.9 Å². The number of carbonyl (C=O) groups is 2. The maximum Gasteiger partial charge on any atom is 0.306 e. The Kier molecular flexibility index (Phi) is 39.3. The van der Waals surface area contributed by atoms with E-state index in [9.17, 15) is 19.8 Å². The summed E-state index contributed by atoms with van der Waals surface area (Å²) in [5.74, 6) is -0.516. The fourth-order valence-electron chi connectivity index (χ4n) is 6.62. The van der Waals surface area contributed by atoms with Crippen molar-refractivity contribution < 1.29 is 24.5 Å². The summed E-state index contributed by atoms with van der Waals surface area (Å²) in [6, 6.07) is -0.710. The van der Waals surface area contributed by atoms with Crippen molar-refractivity contribution in [3.63, 3.8) is 0 Å². The van der Waals surface area contributed by atoms with E-state index in [4.69, 9.17) is 4.74 Å². The molecule has 0 bridgehead atoms. The van der Waals surface area contributed by atoms with Crippen LogP contribution in [0.15, 0.2) is 48.6 Å². The van der Waals surface area contributed by atoms with Gasteiger partial charge in [0.2, 0.25) is 5.91 Å². The lowest BCUT2D eigenvalue weighted by Crippen LogP contribution is -2.46. The number of unbranched alkanes of at least 4 members (excludes halogenated alkanes) is 22. The lowest BCUT2D eigenvalue weighted by molar-refractivity contribution is -0.151. The highest BCUT2D eigenvalue weighted by Crippen LogP contribution is 2.17. The van der Waals surface area contributed by atoms with Crippen molar-refractivity contribution in [2.45, 2.75) is 232 Å². The third kappa shape index (κ3) is 36.6. The number of rotatable bonds is 39. The van der Waals surface area contributed by atoms with Crippen molar-refractivity contribution in [3.8, 4) is 0 Å². The van der Waals surface area contributed by atoms with E-state index >= 15 is 0 Å². The van der Waals surface area contributed by atoms with Gasteiger partial charge in [-0.05, 0) is 44.9 Å². The summed E-state index contributed by atoms with van der Waals surface area (Å²) in [5.41, 5.74) is 0. The minimum atomic E-state index is -0.795. The first kappa shape index (κ1) is 50.8. The van der Waals surface area contributed by atoms with E-state index in [1.54, 1.807) is 0 Å². The van der Waals surface area contributed by atoms with Crippen LogP contribution in [0.1, 0.15) is 213 Å². The van der Waals surface area contributed by atoms with E-state index in [1.165, 1.54) is 96.3 Å². The van der Waals surface area contributed by atoms with Crippen LogP contribution in [-0.4, -0.2) is 46.9 Å². The number of amides is 1. The molecular weight excluding hydrogens is 659 g/mol. The molecule has 3 unspecified atom stereocenters. The Hall–Kier alpha value is -2.18. The minimum Gasteiger partial charge on any atom is -0.462 e. The number of carbonyl (C=O) groups excluding carboxylic acids is 2. The summed E-state index contributed by atoms with van der Waals surface area (Å²) in [5, 5.41) is 23.6. The zero-order valence-corrected chi connectivity index (χ0v) is 34.9. The third-order valence-electron chi connectivity index (χ3n) is 10.0. The lowest BCUT2D eigenvalue weighted by Gasteiger charge is -2.24. The zero-order chi connectivity index (χ0) is 38.9. The van der Waals surface area contributed by atoms with Gasteiger partial charge in [0.15, 0.2) is 0 Å². The monoisotopic (exact) mass is 744 g/mol. The SMILES string of the molecule is CC/C=C/C=C/C=C/C=C\CCCCCC(CC(=O)NC(CO)C(O)CCCCCCCCCCCCCC)OC(=O)CCCCCCCCCCC. The molecule has 53 heavy (non-hydrogen) atoms. The topological polar surface area (TPSA) is 95.9 Å². The lowest BCUT2D eigenvalue weighted by atomic mass is 10.0. The van der Waals surface area contributed by atoms with Gasteiger partial charge in [0, 0.05) is 6.42 Å². The second-order valence-corrected chi connectivity index (χ2v) is 15.2. The van der Waals surface area contributed by atoms with Gasteiger partial charge < -0.3 is 20.3 Å². The van der Waals surface area contributed by atoms with E-state index in [2.05, 4.69) is 50.4 Å². The molecule has 3 atom stereocenters. The molecule has 6 heteroatoms. The molecule has 1 amide bonds. The first-order valence-corrected chi connectivity index (χ1v) is 22.4. The summed E-state index contributed by atoms with van der Waals surface area (Å²) >= 11 is 0. The molecular formula is C47H85NO5. The van der Waals surface area contributed by atoms with E-state index < -0.39 is 18.2 Å². The van der Waals surface area contributed by atoms with Crippen LogP contribution in [0.3, 0.4) is 0 Å². The number of allylic oxidation sites excluding steroid dienone is 8. The van der Waals surface area contributed by atoms with Gasteiger partial charge in [-0.3, -0.25) is 9.59 Å². The van der Waals surface area contributed by atoms with Crippen LogP contribution in [0.2, 0.25) is 0 Å². The molecule has 308 valence electrons. The molecule has 0 aromatic heterocycles. The number of aliphatic hydroxyl groups is 2. The highest BCUT2D eigenvalue weighted by molar-refractivity contribution is 5.77. The van der Waals surface area contributed by atoms with Crippen LogP contribution in [0.25, 0.3) is 0 Å². The second-order valence-electron chi connectivity index (χ2n) is 15.2. The number of esters is 1. The molecule has 0 aromatic carbocycles. The van der Waals surface area contributed by atoms with E-state index in [0.29, 0.717) is 19.3 Å². The van der Waals surface area contributed by atoms with Gasteiger partial charge in [0.05, 0.1) is 25.2 Å². The van der Waals surface area contributed by atoms with Crippen LogP contribution in [0.5, 0.6) is 0 Å².